The first-order chi connectivity index (χ1) is 28.3. The van der Waals surface area contributed by atoms with Crippen LogP contribution in [0.3, 0.4) is 0 Å². The molecule has 2 N–H and O–H groups in total. The monoisotopic (exact) mass is 841 g/mol. The highest BCUT2D eigenvalue weighted by molar-refractivity contribution is 7.98. The lowest BCUT2D eigenvalue weighted by Crippen LogP contribution is -2.61. The molecule has 0 amide bonds. The van der Waals surface area contributed by atoms with Crippen molar-refractivity contribution in [3.8, 4) is 22.7 Å². The van der Waals surface area contributed by atoms with Gasteiger partial charge in [-0.05, 0) is 72.3 Å². The lowest BCUT2D eigenvalue weighted by molar-refractivity contribution is 0.0221. The number of thiophene rings is 1. The number of pyridine rings is 1. The zero-order valence-corrected chi connectivity index (χ0v) is 37.9. The van der Waals surface area contributed by atoms with Gasteiger partial charge in [0, 0.05) is 52.6 Å². The van der Waals surface area contributed by atoms with Crippen molar-refractivity contribution in [2.24, 2.45) is 0 Å². The lowest BCUT2D eigenvalue weighted by Gasteiger charge is -2.50. The first kappa shape index (κ1) is 40.0. The van der Waals surface area contributed by atoms with E-state index in [4.69, 9.17) is 15.0 Å². The van der Waals surface area contributed by atoms with Gasteiger partial charge in [0.1, 0.15) is 24.5 Å². The third-order valence-corrected chi connectivity index (χ3v) is 21.5. The molecule has 0 spiro atoms. The molecule has 2 aliphatic rings. The first-order valence-corrected chi connectivity index (χ1v) is 25.1. The van der Waals surface area contributed by atoms with E-state index >= 15 is 4.39 Å². The van der Waals surface area contributed by atoms with Gasteiger partial charge in [-0.25, -0.2) is 14.4 Å². The molecule has 0 radical (unpaired) electrons. The van der Waals surface area contributed by atoms with Crippen LogP contribution in [-0.4, -0.2) is 80.8 Å². The summed E-state index contributed by atoms with van der Waals surface area (Å²) in [5.41, 5.74) is 8.83. The Labute approximate surface area is 355 Å². The number of rotatable bonds is 8. The summed E-state index contributed by atoms with van der Waals surface area (Å²) < 4.78 is 17.4. The summed E-state index contributed by atoms with van der Waals surface area (Å²) in [6.45, 7) is 19.6. The van der Waals surface area contributed by atoms with E-state index in [1.807, 2.05) is 30.8 Å². The number of piperazine rings is 1. The molecular formula is C47H52FN7OS2Si. The second-order valence-electron chi connectivity index (χ2n) is 17.9. The van der Waals surface area contributed by atoms with Crippen molar-refractivity contribution in [2.75, 3.05) is 24.2 Å². The smallest absolute Gasteiger partial charge is 0.190 e. The molecular weight excluding hydrogens is 790 g/mol. The molecule has 0 saturated carbocycles. The fourth-order valence-corrected chi connectivity index (χ4v) is 17.7. The molecule has 12 heteroatoms. The lowest BCUT2D eigenvalue weighted by atomic mass is 9.89. The van der Waals surface area contributed by atoms with Gasteiger partial charge in [-0.2, -0.15) is 5.10 Å². The molecule has 59 heavy (non-hydrogen) atoms. The molecule has 0 aliphatic carbocycles. The van der Waals surface area contributed by atoms with Crippen LogP contribution in [0.25, 0.3) is 53.2 Å². The number of benzene rings is 3. The fourth-order valence-electron chi connectivity index (χ4n) is 10.9. The number of H-pyrrole nitrogens is 1. The minimum Gasteiger partial charge on any atom is -0.391 e. The van der Waals surface area contributed by atoms with Crippen molar-refractivity contribution in [3.05, 3.63) is 83.9 Å². The number of fused-ring (bicyclic) bond motifs is 7. The number of aliphatic hydroxyl groups is 1. The normalized spacial score (nSPS) is 19.0. The topological polar surface area (TPSA) is 94.1 Å². The van der Waals surface area contributed by atoms with Gasteiger partial charge in [0.2, 0.25) is 0 Å². The summed E-state index contributed by atoms with van der Waals surface area (Å²) in [5.74, 6) is 4.06. The van der Waals surface area contributed by atoms with E-state index in [9.17, 15) is 5.11 Å². The molecule has 2 aliphatic heterocycles. The van der Waals surface area contributed by atoms with Gasteiger partial charge in [-0.3, -0.25) is 15.0 Å². The van der Waals surface area contributed by atoms with Gasteiger partial charge in [0.05, 0.1) is 45.2 Å². The molecule has 3 atom stereocenters. The fraction of sp³-hybridized carbons (Fsp3) is 0.404. The molecule has 2 fully saturated rings. The maximum Gasteiger partial charge on any atom is 0.190 e. The third kappa shape index (κ3) is 6.30. The van der Waals surface area contributed by atoms with Crippen LogP contribution < -0.4 is 4.90 Å². The van der Waals surface area contributed by atoms with Gasteiger partial charge >= 0.3 is 0 Å². The van der Waals surface area contributed by atoms with Crippen molar-refractivity contribution in [1.29, 1.82) is 0 Å². The molecule has 7 aromatic rings. The van der Waals surface area contributed by atoms with E-state index in [1.54, 1.807) is 17.4 Å². The molecule has 0 unspecified atom stereocenters. The number of aliphatic hydroxyl groups excluding tert-OH is 1. The molecule has 4 aromatic heterocycles. The first-order valence-electron chi connectivity index (χ1n) is 20.8. The zero-order chi connectivity index (χ0) is 41.5. The van der Waals surface area contributed by atoms with Gasteiger partial charge in [-0.15, -0.1) is 16.9 Å². The van der Waals surface area contributed by atoms with Crippen LogP contribution in [0, 0.1) is 17.3 Å². The highest BCUT2D eigenvalue weighted by atomic mass is 32.2. The number of nitrogens with zero attached hydrogens (tertiary/aromatic N) is 6. The minimum atomic E-state index is -2.20. The van der Waals surface area contributed by atoms with Gasteiger partial charge in [-0.1, -0.05) is 95.6 Å². The van der Waals surface area contributed by atoms with E-state index < -0.39 is 14.2 Å². The van der Waals surface area contributed by atoms with Crippen molar-refractivity contribution < 1.29 is 9.50 Å². The van der Waals surface area contributed by atoms with Crippen LogP contribution in [0.1, 0.15) is 72.9 Å². The summed E-state index contributed by atoms with van der Waals surface area (Å²) in [6.07, 6.45) is 5.95. The molecule has 2 bridgehead atoms. The molecule has 304 valence electrons. The maximum atomic E-state index is 16.5. The summed E-state index contributed by atoms with van der Waals surface area (Å²) in [7, 11) is -2.20. The number of nitrogens with one attached hydrogen (secondary N) is 1. The third-order valence-electron chi connectivity index (χ3n) is 13.5. The summed E-state index contributed by atoms with van der Waals surface area (Å²) in [4.78, 5) is 21.2. The Morgan fingerprint density at radius 2 is 1.71 bits per heavy atom. The van der Waals surface area contributed by atoms with E-state index in [0.717, 1.165) is 65.6 Å². The number of anilines is 1. The molecule has 8 nitrogen and oxygen atoms in total. The number of aromatic nitrogens is 5. The Balaban J connectivity index is 1.24. The molecule has 3 aromatic carbocycles. The van der Waals surface area contributed by atoms with Crippen LogP contribution >= 0.6 is 23.1 Å². The number of hydrogen-bond acceptors (Lipinski definition) is 9. The van der Waals surface area contributed by atoms with Crippen LogP contribution in [0.2, 0.25) is 16.6 Å². The second kappa shape index (κ2) is 15.0. The van der Waals surface area contributed by atoms with E-state index in [2.05, 4.69) is 123 Å². The van der Waals surface area contributed by atoms with E-state index in [-0.39, 0.29) is 23.4 Å². The van der Waals surface area contributed by atoms with Crippen LogP contribution in [0.5, 0.6) is 0 Å². The van der Waals surface area contributed by atoms with Gasteiger partial charge in [0.15, 0.2) is 5.16 Å². The molecule has 6 heterocycles. The van der Waals surface area contributed by atoms with Crippen LogP contribution in [-0.2, 0) is 5.54 Å². The standard InChI is InChI=1S/C47H52FN7OS2Si/c1-26(2)59(27(3)4,28(5)6)20-18-32-35(48)16-15-29-21-36-34(23-50-53-36)40(39(29)32)42-43-33(17-19-49-42)41-44(51-46(57-9)52-45(41)58-43)54-24-31-22-38(56)37(25-54)55(31)47(7,8)30-13-11-10-12-14-30/h10-17,19,21,23,26-28,31,37-38,56H,22,24-25H2,1-9H3,(H,50,53)/t31-,37-,38-/m0/s1. The Bertz CT molecular complexity index is 2790. The Morgan fingerprint density at radius 3 is 2.41 bits per heavy atom. The summed E-state index contributed by atoms with van der Waals surface area (Å²) >= 11 is 3.13. The Hall–Kier alpha value is -4.38. The number of aromatic amines is 1. The minimum absolute atomic E-state index is 0.0720. The second-order valence-corrected chi connectivity index (χ2v) is 25.2. The summed E-state index contributed by atoms with van der Waals surface area (Å²) in [5, 5.41) is 24.4. The average Bonchev–Trinajstić information content (AvgIpc) is 3.90. The van der Waals surface area contributed by atoms with Crippen molar-refractivity contribution in [3.63, 3.8) is 0 Å². The number of halogens is 1. The van der Waals surface area contributed by atoms with Crippen molar-refractivity contribution >= 4 is 79.0 Å². The largest absolute Gasteiger partial charge is 0.391 e. The van der Waals surface area contributed by atoms with Gasteiger partial charge in [0.25, 0.3) is 0 Å². The zero-order valence-electron chi connectivity index (χ0n) is 35.3. The predicted molar refractivity (Wildman–Crippen MR) is 247 cm³/mol. The highest BCUT2D eigenvalue weighted by Crippen LogP contribution is 2.48. The number of thioether (sulfide) groups is 1. The Kier molecular flexibility index (Phi) is 10.2. The van der Waals surface area contributed by atoms with Crippen LogP contribution in [0.15, 0.2) is 72.1 Å². The molecule has 2 saturated heterocycles. The molecule has 9 rings (SSSR count). The van der Waals surface area contributed by atoms with Crippen LogP contribution in [0.4, 0.5) is 10.2 Å². The van der Waals surface area contributed by atoms with E-state index in [0.29, 0.717) is 40.3 Å². The average molecular weight is 842 g/mol. The quantitative estimate of drug-likeness (QED) is 0.0676. The predicted octanol–water partition coefficient (Wildman–Crippen LogP) is 10.9. The van der Waals surface area contributed by atoms with Crippen molar-refractivity contribution in [1.82, 2.24) is 30.0 Å². The van der Waals surface area contributed by atoms with Crippen molar-refractivity contribution in [2.45, 2.75) is 107 Å². The maximum absolute atomic E-state index is 16.5. The number of hydrogen-bond donors (Lipinski definition) is 2. The summed E-state index contributed by atoms with van der Waals surface area (Å²) in [6, 6.07) is 18.2. The SMILES string of the molecule is CSc1nc(N2C[C@@H]3C[C@H](O)[C@H](C2)N3C(C)(C)c2ccccc2)c2c(n1)sc1c(-c3c4cn[nH]c4cc4ccc(F)c(C#C[Si](C(C)C)(C(C)C)C(C)C)c34)nccc12. The van der Waals surface area contributed by atoms with Gasteiger partial charge < -0.3 is 10.0 Å². The Morgan fingerprint density at radius 1 is 0.966 bits per heavy atom. The highest BCUT2D eigenvalue weighted by Gasteiger charge is 2.52. The van der Waals surface area contributed by atoms with E-state index in [1.165, 1.54) is 17.3 Å².